The Kier molecular flexibility index (Phi) is 3.70. The number of ether oxygens (including phenoxy) is 1. The number of nitrogens with zero attached hydrogens (tertiary/aromatic N) is 1. The van der Waals surface area contributed by atoms with Crippen LogP contribution in [0.3, 0.4) is 0 Å². The van der Waals surface area contributed by atoms with Crippen molar-refractivity contribution in [3.63, 3.8) is 0 Å². The van der Waals surface area contributed by atoms with Gasteiger partial charge in [-0.2, -0.15) is 0 Å². The summed E-state index contributed by atoms with van der Waals surface area (Å²) in [5.41, 5.74) is 6.12. The topological polar surface area (TPSA) is 48.1 Å². The standard InChI is InChI=1S/C8H9F3N2O/c9-7(10)8(11)14-4-6-3-5(12)1-2-13-6/h1-3,7-8H,4H2,(H2,12,13). The molecule has 0 saturated heterocycles. The van der Waals surface area contributed by atoms with Gasteiger partial charge in [0.2, 0.25) is 0 Å². The van der Waals surface area contributed by atoms with Crippen LogP contribution >= 0.6 is 0 Å². The van der Waals surface area contributed by atoms with E-state index in [0.717, 1.165) is 0 Å². The van der Waals surface area contributed by atoms with Crippen LogP contribution < -0.4 is 5.73 Å². The summed E-state index contributed by atoms with van der Waals surface area (Å²) in [7, 11) is 0. The number of hydrogen-bond donors (Lipinski definition) is 1. The third-order valence-electron chi connectivity index (χ3n) is 1.43. The average Bonchev–Trinajstić information content (AvgIpc) is 2.14. The first-order valence-electron chi connectivity index (χ1n) is 3.84. The van der Waals surface area contributed by atoms with Gasteiger partial charge in [-0.3, -0.25) is 4.98 Å². The summed E-state index contributed by atoms with van der Waals surface area (Å²) in [6.45, 7) is -0.323. The summed E-state index contributed by atoms with van der Waals surface area (Å²) < 4.78 is 39.8. The minimum absolute atomic E-state index is 0.313. The van der Waals surface area contributed by atoms with E-state index >= 15 is 0 Å². The first kappa shape index (κ1) is 10.8. The van der Waals surface area contributed by atoms with Crippen LogP contribution in [0.2, 0.25) is 0 Å². The van der Waals surface area contributed by atoms with E-state index in [9.17, 15) is 13.2 Å². The quantitative estimate of drug-likeness (QED) is 0.816. The SMILES string of the molecule is Nc1ccnc(COC(F)C(F)F)c1. The normalized spacial score (nSPS) is 13.1. The fraction of sp³-hybridized carbons (Fsp3) is 0.375. The van der Waals surface area contributed by atoms with Crippen LogP contribution in [0.15, 0.2) is 18.3 Å². The number of anilines is 1. The Morgan fingerprint density at radius 3 is 2.71 bits per heavy atom. The van der Waals surface area contributed by atoms with Crippen molar-refractivity contribution >= 4 is 5.69 Å². The largest absolute Gasteiger partial charge is 0.399 e. The molecule has 2 N–H and O–H groups in total. The molecule has 1 rings (SSSR count). The predicted molar refractivity (Wildman–Crippen MR) is 44.3 cm³/mol. The molecule has 0 bridgehead atoms. The lowest BCUT2D eigenvalue weighted by atomic mass is 10.3. The van der Waals surface area contributed by atoms with E-state index in [4.69, 9.17) is 5.73 Å². The van der Waals surface area contributed by atoms with Gasteiger partial charge in [-0.25, -0.2) is 13.2 Å². The van der Waals surface area contributed by atoms with Gasteiger partial charge in [0.15, 0.2) is 0 Å². The number of pyridine rings is 1. The molecule has 1 atom stereocenters. The number of hydrogen-bond acceptors (Lipinski definition) is 3. The van der Waals surface area contributed by atoms with Crippen molar-refractivity contribution in [2.24, 2.45) is 0 Å². The zero-order valence-electron chi connectivity index (χ0n) is 7.16. The average molecular weight is 206 g/mol. The van der Waals surface area contributed by atoms with Crippen molar-refractivity contribution in [2.75, 3.05) is 5.73 Å². The van der Waals surface area contributed by atoms with Crippen molar-refractivity contribution < 1.29 is 17.9 Å². The van der Waals surface area contributed by atoms with E-state index in [2.05, 4.69) is 9.72 Å². The van der Waals surface area contributed by atoms with Gasteiger partial charge in [-0.1, -0.05) is 0 Å². The van der Waals surface area contributed by atoms with E-state index in [1.54, 1.807) is 0 Å². The molecule has 1 aromatic heterocycles. The highest BCUT2D eigenvalue weighted by Gasteiger charge is 2.19. The van der Waals surface area contributed by atoms with Crippen molar-refractivity contribution in [3.05, 3.63) is 24.0 Å². The van der Waals surface area contributed by atoms with Crippen LogP contribution in [-0.2, 0) is 11.3 Å². The molecule has 0 amide bonds. The third-order valence-corrected chi connectivity index (χ3v) is 1.43. The van der Waals surface area contributed by atoms with Crippen molar-refractivity contribution in [1.82, 2.24) is 4.98 Å². The molecule has 0 saturated carbocycles. The Labute approximate surface area is 78.7 Å². The molecule has 0 radical (unpaired) electrons. The highest BCUT2D eigenvalue weighted by Crippen LogP contribution is 2.10. The predicted octanol–water partition coefficient (Wildman–Crippen LogP) is 1.74. The van der Waals surface area contributed by atoms with Crippen LogP contribution in [0.5, 0.6) is 0 Å². The Morgan fingerprint density at radius 1 is 1.43 bits per heavy atom. The molecular weight excluding hydrogens is 197 g/mol. The third kappa shape index (κ3) is 3.21. The maximum atomic E-state index is 12.3. The number of nitrogens with two attached hydrogens (primary N) is 1. The molecule has 1 unspecified atom stereocenters. The van der Waals surface area contributed by atoms with Gasteiger partial charge in [-0.05, 0) is 12.1 Å². The maximum Gasteiger partial charge on any atom is 0.293 e. The molecule has 0 fully saturated rings. The van der Waals surface area contributed by atoms with E-state index in [0.29, 0.717) is 11.4 Å². The van der Waals surface area contributed by atoms with Gasteiger partial charge < -0.3 is 10.5 Å². The minimum atomic E-state index is -3.14. The highest BCUT2D eigenvalue weighted by atomic mass is 19.3. The zero-order chi connectivity index (χ0) is 10.6. The Morgan fingerprint density at radius 2 is 2.14 bits per heavy atom. The van der Waals surface area contributed by atoms with Crippen LogP contribution in [0, 0.1) is 0 Å². The first-order chi connectivity index (χ1) is 6.59. The van der Waals surface area contributed by atoms with Crippen molar-refractivity contribution in [2.45, 2.75) is 19.4 Å². The van der Waals surface area contributed by atoms with Crippen LogP contribution in [0.25, 0.3) is 0 Å². The van der Waals surface area contributed by atoms with Gasteiger partial charge in [-0.15, -0.1) is 0 Å². The lowest BCUT2D eigenvalue weighted by molar-refractivity contribution is -0.135. The molecule has 78 valence electrons. The Balaban J connectivity index is 2.45. The first-order valence-corrected chi connectivity index (χ1v) is 3.84. The molecule has 1 heterocycles. The Bertz CT molecular complexity index is 296. The van der Waals surface area contributed by atoms with Crippen LogP contribution in [0.1, 0.15) is 5.69 Å². The van der Waals surface area contributed by atoms with Crippen LogP contribution in [-0.4, -0.2) is 17.8 Å². The summed E-state index contributed by atoms with van der Waals surface area (Å²) in [6, 6.07) is 2.96. The molecular formula is C8H9F3N2O. The van der Waals surface area contributed by atoms with Crippen LogP contribution in [0.4, 0.5) is 18.9 Å². The summed E-state index contributed by atoms with van der Waals surface area (Å²) in [6.07, 6.45) is -4.34. The summed E-state index contributed by atoms with van der Waals surface area (Å²) in [4.78, 5) is 3.75. The number of alkyl halides is 3. The molecule has 6 heteroatoms. The molecule has 0 aromatic carbocycles. The lowest BCUT2D eigenvalue weighted by Gasteiger charge is -2.08. The molecule has 0 spiro atoms. The smallest absolute Gasteiger partial charge is 0.293 e. The summed E-state index contributed by atoms with van der Waals surface area (Å²) in [5.74, 6) is 0. The van der Waals surface area contributed by atoms with Gasteiger partial charge in [0, 0.05) is 11.9 Å². The molecule has 0 aliphatic rings. The maximum absolute atomic E-state index is 12.3. The van der Waals surface area contributed by atoms with E-state index in [-0.39, 0.29) is 6.61 Å². The monoisotopic (exact) mass is 206 g/mol. The fourth-order valence-corrected chi connectivity index (χ4v) is 0.814. The van der Waals surface area contributed by atoms with E-state index in [1.807, 2.05) is 0 Å². The second-order valence-corrected chi connectivity index (χ2v) is 2.58. The van der Waals surface area contributed by atoms with Crippen molar-refractivity contribution in [1.29, 1.82) is 0 Å². The molecule has 14 heavy (non-hydrogen) atoms. The second kappa shape index (κ2) is 4.80. The zero-order valence-corrected chi connectivity index (χ0v) is 7.16. The second-order valence-electron chi connectivity index (χ2n) is 2.58. The minimum Gasteiger partial charge on any atom is -0.399 e. The molecule has 0 aliphatic heterocycles. The van der Waals surface area contributed by atoms with Gasteiger partial charge >= 0.3 is 0 Å². The number of rotatable bonds is 4. The molecule has 3 nitrogen and oxygen atoms in total. The number of halogens is 3. The fourth-order valence-electron chi connectivity index (χ4n) is 0.814. The Hall–Kier alpha value is -1.30. The summed E-state index contributed by atoms with van der Waals surface area (Å²) in [5, 5.41) is 0. The summed E-state index contributed by atoms with van der Waals surface area (Å²) >= 11 is 0. The molecule has 1 aromatic rings. The highest BCUT2D eigenvalue weighted by molar-refractivity contribution is 5.36. The number of nitrogen functional groups attached to an aromatic ring is 1. The van der Waals surface area contributed by atoms with Gasteiger partial charge in [0.05, 0.1) is 12.3 Å². The van der Waals surface area contributed by atoms with Gasteiger partial charge in [0.1, 0.15) is 0 Å². The molecule has 0 aliphatic carbocycles. The number of aromatic nitrogens is 1. The van der Waals surface area contributed by atoms with Crippen molar-refractivity contribution in [3.8, 4) is 0 Å². The lowest BCUT2D eigenvalue weighted by Crippen LogP contribution is -2.16. The van der Waals surface area contributed by atoms with E-state index < -0.39 is 12.8 Å². The van der Waals surface area contributed by atoms with Gasteiger partial charge in [0.25, 0.3) is 12.8 Å². The van der Waals surface area contributed by atoms with E-state index in [1.165, 1.54) is 18.3 Å².